The zero-order valence-corrected chi connectivity index (χ0v) is 12.3. The van der Waals surface area contributed by atoms with Gasteiger partial charge in [0.05, 0.1) is 12.3 Å². The van der Waals surface area contributed by atoms with Crippen LogP contribution in [0.5, 0.6) is 6.01 Å². The van der Waals surface area contributed by atoms with E-state index in [9.17, 15) is 4.39 Å². The van der Waals surface area contributed by atoms with Crippen molar-refractivity contribution in [2.24, 2.45) is 0 Å². The van der Waals surface area contributed by atoms with E-state index < -0.39 is 0 Å². The van der Waals surface area contributed by atoms with Gasteiger partial charge in [-0.3, -0.25) is 0 Å². The number of halogens is 1. The smallest absolute Gasteiger partial charge is 0.323 e. The van der Waals surface area contributed by atoms with E-state index in [1.54, 1.807) is 19.2 Å². The number of anilines is 3. The molecular weight excluding hydrogens is 273 g/mol. The fourth-order valence-electron chi connectivity index (χ4n) is 1.64. The molecule has 0 amide bonds. The molecule has 112 valence electrons. The van der Waals surface area contributed by atoms with Crippen molar-refractivity contribution in [1.82, 2.24) is 15.0 Å². The Morgan fingerprint density at radius 2 is 1.95 bits per heavy atom. The van der Waals surface area contributed by atoms with Crippen molar-refractivity contribution in [1.29, 1.82) is 0 Å². The highest BCUT2D eigenvalue weighted by molar-refractivity contribution is 5.56. The van der Waals surface area contributed by atoms with E-state index in [0.29, 0.717) is 18.2 Å². The minimum absolute atomic E-state index is 0.201. The first-order valence-electron chi connectivity index (χ1n) is 6.72. The third-order valence-corrected chi connectivity index (χ3v) is 2.64. The summed E-state index contributed by atoms with van der Waals surface area (Å²) in [6.07, 6.45) is 0.843. The van der Waals surface area contributed by atoms with Crippen molar-refractivity contribution < 1.29 is 9.13 Å². The topological polar surface area (TPSA) is 72.0 Å². The van der Waals surface area contributed by atoms with Gasteiger partial charge in [0.1, 0.15) is 5.82 Å². The SMILES string of the molecule is CCCOc1nc(NC)nc(Nc2cc(C)ccc2F)n1. The molecule has 21 heavy (non-hydrogen) atoms. The van der Waals surface area contributed by atoms with E-state index >= 15 is 0 Å². The lowest BCUT2D eigenvalue weighted by molar-refractivity contribution is 0.292. The van der Waals surface area contributed by atoms with Gasteiger partial charge >= 0.3 is 6.01 Å². The number of nitrogens with zero attached hydrogens (tertiary/aromatic N) is 3. The molecule has 0 radical (unpaired) electrons. The molecule has 2 aromatic rings. The zero-order chi connectivity index (χ0) is 15.2. The van der Waals surface area contributed by atoms with Crippen LogP contribution in [0.15, 0.2) is 18.2 Å². The summed E-state index contributed by atoms with van der Waals surface area (Å²) >= 11 is 0. The Balaban J connectivity index is 2.27. The average Bonchev–Trinajstić information content (AvgIpc) is 2.48. The summed E-state index contributed by atoms with van der Waals surface area (Å²) in [5.41, 5.74) is 1.24. The summed E-state index contributed by atoms with van der Waals surface area (Å²) < 4.78 is 19.2. The summed E-state index contributed by atoms with van der Waals surface area (Å²) in [6, 6.07) is 4.98. The van der Waals surface area contributed by atoms with Gasteiger partial charge in [-0.15, -0.1) is 0 Å². The quantitative estimate of drug-likeness (QED) is 0.852. The predicted molar refractivity (Wildman–Crippen MR) is 79.6 cm³/mol. The molecule has 1 aromatic heterocycles. The second kappa shape index (κ2) is 6.83. The van der Waals surface area contributed by atoms with Crippen LogP contribution in [0.2, 0.25) is 0 Å². The third kappa shape index (κ3) is 4.01. The molecule has 0 unspecified atom stereocenters. The van der Waals surface area contributed by atoms with Crippen LogP contribution in [0.25, 0.3) is 0 Å². The number of rotatable bonds is 6. The lowest BCUT2D eigenvalue weighted by Gasteiger charge is -2.10. The highest BCUT2D eigenvalue weighted by atomic mass is 19.1. The Morgan fingerprint density at radius 3 is 2.67 bits per heavy atom. The number of aromatic nitrogens is 3. The van der Waals surface area contributed by atoms with Crippen LogP contribution in [0.3, 0.4) is 0 Å². The molecular formula is C14H18FN5O. The van der Waals surface area contributed by atoms with Gasteiger partial charge in [-0.25, -0.2) is 4.39 Å². The van der Waals surface area contributed by atoms with Crippen LogP contribution in [0.4, 0.5) is 22.0 Å². The molecule has 1 aromatic carbocycles. The van der Waals surface area contributed by atoms with Gasteiger partial charge in [-0.05, 0) is 31.0 Å². The van der Waals surface area contributed by atoms with Crippen LogP contribution in [0, 0.1) is 12.7 Å². The lowest BCUT2D eigenvalue weighted by Crippen LogP contribution is -2.08. The number of ether oxygens (including phenoxy) is 1. The molecule has 7 heteroatoms. The van der Waals surface area contributed by atoms with E-state index in [-0.39, 0.29) is 17.8 Å². The Morgan fingerprint density at radius 1 is 1.19 bits per heavy atom. The zero-order valence-electron chi connectivity index (χ0n) is 12.3. The maximum absolute atomic E-state index is 13.8. The number of nitrogens with one attached hydrogen (secondary N) is 2. The van der Waals surface area contributed by atoms with E-state index in [4.69, 9.17) is 4.74 Å². The van der Waals surface area contributed by atoms with Crippen molar-refractivity contribution in [2.45, 2.75) is 20.3 Å². The molecule has 0 bridgehead atoms. The summed E-state index contributed by atoms with van der Waals surface area (Å²) in [7, 11) is 1.69. The lowest BCUT2D eigenvalue weighted by atomic mass is 10.2. The van der Waals surface area contributed by atoms with Gasteiger partial charge in [0.2, 0.25) is 11.9 Å². The van der Waals surface area contributed by atoms with Crippen LogP contribution in [-0.2, 0) is 0 Å². The largest absolute Gasteiger partial charge is 0.463 e. The third-order valence-electron chi connectivity index (χ3n) is 2.64. The van der Waals surface area contributed by atoms with Crippen molar-refractivity contribution in [3.05, 3.63) is 29.6 Å². The molecule has 0 fully saturated rings. The van der Waals surface area contributed by atoms with E-state index in [1.165, 1.54) is 6.07 Å². The van der Waals surface area contributed by atoms with Gasteiger partial charge in [0.15, 0.2) is 0 Å². The predicted octanol–water partition coefficient (Wildman–Crippen LogP) is 2.89. The molecule has 0 saturated carbocycles. The van der Waals surface area contributed by atoms with Crippen LogP contribution in [-0.4, -0.2) is 28.6 Å². The average molecular weight is 291 g/mol. The van der Waals surface area contributed by atoms with Gasteiger partial charge in [0, 0.05) is 7.05 Å². The summed E-state index contributed by atoms with van der Waals surface area (Å²) in [6.45, 7) is 4.37. The Labute approximate surface area is 122 Å². The second-order valence-corrected chi connectivity index (χ2v) is 4.47. The number of hydrogen-bond donors (Lipinski definition) is 2. The number of aryl methyl sites for hydroxylation is 1. The molecule has 0 aliphatic heterocycles. The first kappa shape index (κ1) is 15.0. The highest BCUT2D eigenvalue weighted by Gasteiger charge is 2.09. The van der Waals surface area contributed by atoms with Gasteiger partial charge in [-0.1, -0.05) is 13.0 Å². The van der Waals surface area contributed by atoms with Crippen molar-refractivity contribution in [2.75, 3.05) is 24.3 Å². The van der Waals surface area contributed by atoms with E-state index in [1.807, 2.05) is 13.8 Å². The summed E-state index contributed by atoms with van der Waals surface area (Å²) in [5, 5.41) is 5.67. The molecule has 0 atom stereocenters. The Kier molecular flexibility index (Phi) is 4.86. The fourth-order valence-corrected chi connectivity index (χ4v) is 1.64. The first-order chi connectivity index (χ1) is 10.1. The van der Waals surface area contributed by atoms with Crippen molar-refractivity contribution in [3.8, 4) is 6.01 Å². The minimum Gasteiger partial charge on any atom is -0.463 e. The monoisotopic (exact) mass is 291 g/mol. The Bertz CT molecular complexity index is 620. The molecule has 2 N–H and O–H groups in total. The maximum atomic E-state index is 13.8. The molecule has 0 aliphatic rings. The van der Waals surface area contributed by atoms with Crippen LogP contribution >= 0.6 is 0 Å². The molecule has 0 aliphatic carbocycles. The van der Waals surface area contributed by atoms with E-state index in [0.717, 1.165) is 12.0 Å². The summed E-state index contributed by atoms with van der Waals surface area (Å²) in [4.78, 5) is 12.3. The van der Waals surface area contributed by atoms with Gasteiger partial charge in [-0.2, -0.15) is 15.0 Å². The molecule has 2 rings (SSSR count). The normalized spacial score (nSPS) is 10.3. The molecule has 6 nitrogen and oxygen atoms in total. The Hall–Kier alpha value is -2.44. The van der Waals surface area contributed by atoms with E-state index in [2.05, 4.69) is 25.6 Å². The molecule has 1 heterocycles. The molecule has 0 saturated heterocycles. The van der Waals surface area contributed by atoms with Crippen molar-refractivity contribution in [3.63, 3.8) is 0 Å². The van der Waals surface area contributed by atoms with Gasteiger partial charge < -0.3 is 15.4 Å². The maximum Gasteiger partial charge on any atom is 0.323 e. The number of benzene rings is 1. The first-order valence-corrected chi connectivity index (χ1v) is 6.72. The summed E-state index contributed by atoms with van der Waals surface area (Å²) in [5.74, 6) is 0.208. The molecule has 0 spiro atoms. The van der Waals surface area contributed by atoms with Crippen LogP contribution in [0.1, 0.15) is 18.9 Å². The fraction of sp³-hybridized carbons (Fsp3) is 0.357. The van der Waals surface area contributed by atoms with Crippen molar-refractivity contribution >= 4 is 17.6 Å². The minimum atomic E-state index is -0.372. The number of hydrogen-bond acceptors (Lipinski definition) is 6. The van der Waals surface area contributed by atoms with Gasteiger partial charge in [0.25, 0.3) is 0 Å². The standard InChI is InChI=1S/C14H18FN5O/c1-4-7-21-14-19-12(16-3)18-13(20-14)17-11-8-9(2)5-6-10(11)15/h5-6,8H,4,7H2,1-3H3,(H2,16,17,18,19,20). The second-order valence-electron chi connectivity index (χ2n) is 4.47. The highest BCUT2D eigenvalue weighted by Crippen LogP contribution is 2.20. The van der Waals surface area contributed by atoms with Crippen LogP contribution < -0.4 is 15.4 Å².